The van der Waals surface area contributed by atoms with Crippen molar-refractivity contribution in [3.8, 4) is 0 Å². The molecule has 2 aromatic heterocycles. The molecule has 0 spiro atoms. The van der Waals surface area contributed by atoms with Crippen LogP contribution in [-0.2, 0) is 14.1 Å². The highest BCUT2D eigenvalue weighted by Gasteiger charge is 2.04. The van der Waals surface area contributed by atoms with Crippen molar-refractivity contribution >= 4 is 5.95 Å². The minimum absolute atomic E-state index is 0.569. The Morgan fingerprint density at radius 1 is 1.40 bits per heavy atom. The molecular weight excluding hydrogens is 192 g/mol. The summed E-state index contributed by atoms with van der Waals surface area (Å²) in [4.78, 5) is 16.4. The van der Waals surface area contributed by atoms with Gasteiger partial charge in [0.05, 0.1) is 7.05 Å². The predicted molar refractivity (Wildman–Crippen MR) is 51.6 cm³/mol. The Morgan fingerprint density at radius 2 is 2.27 bits per heavy atom. The second-order valence-corrected chi connectivity index (χ2v) is 3.06. The highest BCUT2D eigenvalue weighted by atomic mass is 15.2. The summed E-state index contributed by atoms with van der Waals surface area (Å²) in [6.45, 7) is 0. The standard InChI is InChI=1S/C9H11N6/c1-14-5-3-4-11-8(14)13-9-12-6-10-7-15(9)2/h3-7H,1-2H3/q+1. The summed E-state index contributed by atoms with van der Waals surface area (Å²) in [5.41, 5.74) is 0.604. The number of nitrogens with zero attached hydrogens (tertiary/aromatic N) is 6. The fourth-order valence-corrected chi connectivity index (χ4v) is 1.10. The van der Waals surface area contributed by atoms with Crippen molar-refractivity contribution in [3.63, 3.8) is 0 Å². The van der Waals surface area contributed by atoms with Gasteiger partial charge >= 0.3 is 5.95 Å². The summed E-state index contributed by atoms with van der Waals surface area (Å²) in [5, 5.41) is 0. The Hall–Kier alpha value is -2.11. The Labute approximate surface area is 86.6 Å². The zero-order valence-electron chi connectivity index (χ0n) is 8.57. The van der Waals surface area contributed by atoms with Crippen LogP contribution in [-0.4, -0.2) is 19.5 Å². The van der Waals surface area contributed by atoms with Crippen LogP contribution in [0.1, 0.15) is 0 Å². The molecule has 0 amide bonds. The maximum absolute atomic E-state index is 4.30. The molecule has 0 unspecified atom stereocenters. The fraction of sp³-hybridized carbons (Fsp3) is 0.222. The van der Waals surface area contributed by atoms with Crippen LogP contribution in [0.2, 0.25) is 0 Å². The van der Waals surface area contributed by atoms with Gasteiger partial charge in [-0.25, -0.2) is 9.55 Å². The highest BCUT2D eigenvalue weighted by Crippen LogP contribution is 1.91. The van der Waals surface area contributed by atoms with Crippen molar-refractivity contribution in [1.82, 2.24) is 19.5 Å². The molecule has 0 aromatic carbocycles. The smallest absolute Gasteiger partial charge is 0.310 e. The number of rotatable bonds is 1. The third-order valence-electron chi connectivity index (χ3n) is 1.90. The Bertz CT molecular complexity index is 530. The van der Waals surface area contributed by atoms with Crippen LogP contribution in [0.4, 0.5) is 5.95 Å². The van der Waals surface area contributed by atoms with Crippen molar-refractivity contribution in [3.05, 3.63) is 36.7 Å². The summed E-state index contributed by atoms with van der Waals surface area (Å²) in [5.74, 6) is 0.569. The molecular formula is C9H11N6+. The van der Waals surface area contributed by atoms with E-state index in [9.17, 15) is 0 Å². The molecule has 0 fully saturated rings. The number of hydrogen-bond donors (Lipinski definition) is 0. The molecule has 6 nitrogen and oxygen atoms in total. The first-order valence-electron chi connectivity index (χ1n) is 4.45. The lowest BCUT2D eigenvalue weighted by atomic mass is 10.7. The maximum Gasteiger partial charge on any atom is 0.390 e. The fourth-order valence-electron chi connectivity index (χ4n) is 1.10. The van der Waals surface area contributed by atoms with E-state index in [1.807, 2.05) is 30.9 Å². The van der Waals surface area contributed by atoms with E-state index in [0.717, 1.165) is 0 Å². The molecule has 15 heavy (non-hydrogen) atoms. The Balaban J connectivity index is 2.57. The molecule has 2 aromatic rings. The summed E-state index contributed by atoms with van der Waals surface area (Å²) >= 11 is 0. The summed E-state index contributed by atoms with van der Waals surface area (Å²) in [7, 11) is 3.72. The quantitative estimate of drug-likeness (QED) is 0.574. The van der Waals surface area contributed by atoms with Crippen molar-refractivity contribution in [2.24, 2.45) is 19.1 Å². The normalized spacial score (nSPS) is 11.7. The van der Waals surface area contributed by atoms with E-state index < -0.39 is 0 Å². The SMILES string of the molecule is Cn1cccnc1=Nc1ncnc[n+]1C. The van der Waals surface area contributed by atoms with Gasteiger partial charge < -0.3 is 4.57 Å². The van der Waals surface area contributed by atoms with Gasteiger partial charge in [-0.2, -0.15) is 0 Å². The van der Waals surface area contributed by atoms with Crippen molar-refractivity contribution in [2.45, 2.75) is 0 Å². The Kier molecular flexibility index (Phi) is 2.49. The monoisotopic (exact) mass is 203 g/mol. The first-order valence-corrected chi connectivity index (χ1v) is 4.45. The average Bonchev–Trinajstić information content (AvgIpc) is 2.24. The molecule has 0 atom stereocenters. The third-order valence-corrected chi connectivity index (χ3v) is 1.90. The van der Waals surface area contributed by atoms with E-state index in [4.69, 9.17) is 0 Å². The second kappa shape index (κ2) is 3.95. The van der Waals surface area contributed by atoms with E-state index in [-0.39, 0.29) is 0 Å². The highest BCUT2D eigenvalue weighted by molar-refractivity contribution is 5.00. The third kappa shape index (κ3) is 2.04. The van der Waals surface area contributed by atoms with Crippen LogP contribution in [0.25, 0.3) is 0 Å². The first kappa shape index (κ1) is 9.45. The number of aryl methyl sites for hydroxylation is 2. The van der Waals surface area contributed by atoms with Gasteiger partial charge in [0.25, 0.3) is 5.62 Å². The minimum Gasteiger partial charge on any atom is -0.310 e. The first-order chi connectivity index (χ1) is 7.27. The average molecular weight is 203 g/mol. The van der Waals surface area contributed by atoms with Crippen LogP contribution in [0.15, 0.2) is 36.1 Å². The van der Waals surface area contributed by atoms with Crippen LogP contribution in [0.5, 0.6) is 0 Å². The van der Waals surface area contributed by atoms with E-state index in [0.29, 0.717) is 11.6 Å². The summed E-state index contributed by atoms with van der Waals surface area (Å²) < 4.78 is 3.55. The van der Waals surface area contributed by atoms with Gasteiger partial charge in [-0.15, -0.1) is 4.98 Å². The molecule has 6 heteroatoms. The molecule has 2 rings (SSSR count). The van der Waals surface area contributed by atoms with Crippen LogP contribution in [0, 0.1) is 0 Å². The van der Waals surface area contributed by atoms with E-state index in [1.54, 1.807) is 17.1 Å². The predicted octanol–water partition coefficient (Wildman–Crippen LogP) is -0.733. The summed E-state index contributed by atoms with van der Waals surface area (Å²) in [6.07, 6.45) is 6.68. The van der Waals surface area contributed by atoms with E-state index >= 15 is 0 Å². The lowest BCUT2D eigenvalue weighted by molar-refractivity contribution is -0.664. The van der Waals surface area contributed by atoms with Gasteiger partial charge in [-0.05, 0) is 6.07 Å². The molecule has 0 N–H and O–H groups in total. The number of hydrogen-bond acceptors (Lipinski definition) is 4. The molecule has 0 saturated heterocycles. The van der Waals surface area contributed by atoms with Crippen LogP contribution < -0.4 is 10.2 Å². The number of aromatic nitrogens is 5. The zero-order chi connectivity index (χ0) is 10.7. The van der Waals surface area contributed by atoms with Gasteiger partial charge in [0.2, 0.25) is 6.33 Å². The second-order valence-electron chi connectivity index (χ2n) is 3.06. The van der Waals surface area contributed by atoms with Crippen molar-refractivity contribution < 1.29 is 4.57 Å². The summed E-state index contributed by atoms with van der Waals surface area (Å²) in [6, 6.07) is 1.85. The molecule has 0 saturated carbocycles. The zero-order valence-corrected chi connectivity index (χ0v) is 8.57. The van der Waals surface area contributed by atoms with Gasteiger partial charge in [-0.1, -0.05) is 9.98 Å². The van der Waals surface area contributed by atoms with Gasteiger partial charge in [0.1, 0.15) is 0 Å². The molecule has 2 heterocycles. The van der Waals surface area contributed by atoms with Gasteiger partial charge in [0, 0.05) is 19.4 Å². The molecule has 0 aliphatic carbocycles. The minimum atomic E-state index is 0.569. The van der Waals surface area contributed by atoms with Gasteiger partial charge in [-0.3, -0.25) is 0 Å². The molecule has 0 radical (unpaired) electrons. The van der Waals surface area contributed by atoms with Crippen LogP contribution >= 0.6 is 0 Å². The molecule has 0 bridgehead atoms. The lowest BCUT2D eigenvalue weighted by Crippen LogP contribution is -2.31. The maximum atomic E-state index is 4.30. The molecule has 0 aliphatic heterocycles. The lowest BCUT2D eigenvalue weighted by Gasteiger charge is -1.94. The van der Waals surface area contributed by atoms with E-state index in [2.05, 4.69) is 19.9 Å². The molecule has 76 valence electrons. The van der Waals surface area contributed by atoms with Crippen molar-refractivity contribution in [2.75, 3.05) is 0 Å². The van der Waals surface area contributed by atoms with Gasteiger partial charge in [0.15, 0.2) is 6.33 Å². The van der Waals surface area contributed by atoms with Crippen molar-refractivity contribution in [1.29, 1.82) is 0 Å². The van der Waals surface area contributed by atoms with E-state index in [1.165, 1.54) is 6.33 Å². The Morgan fingerprint density at radius 3 is 3.00 bits per heavy atom. The van der Waals surface area contributed by atoms with Crippen LogP contribution in [0.3, 0.4) is 0 Å². The molecule has 0 aliphatic rings. The topological polar surface area (TPSA) is 59.8 Å². The largest absolute Gasteiger partial charge is 0.390 e.